The zero-order valence-electron chi connectivity index (χ0n) is 12.8. The molecule has 1 fully saturated rings. The number of benzene rings is 1. The Morgan fingerprint density at radius 1 is 1.42 bits per heavy atom. The molecular formula is C14H16BrN3O5S. The van der Waals surface area contributed by atoms with E-state index in [-0.39, 0.29) is 19.8 Å². The van der Waals surface area contributed by atoms with Crippen molar-refractivity contribution < 1.29 is 22.1 Å². The molecule has 2 unspecified atom stereocenters. The minimum absolute atomic E-state index is 0.103. The first-order valence-corrected chi connectivity index (χ1v) is 9.72. The summed E-state index contributed by atoms with van der Waals surface area (Å²) in [4.78, 5) is 3.92. The molecule has 3 rings (SSSR count). The second kappa shape index (κ2) is 6.89. The summed E-state index contributed by atoms with van der Waals surface area (Å²) in [7, 11) is -3.54. The van der Waals surface area contributed by atoms with Crippen molar-refractivity contribution in [3.8, 4) is 0 Å². The van der Waals surface area contributed by atoms with Gasteiger partial charge in [-0.15, -0.1) is 0 Å². The van der Waals surface area contributed by atoms with Gasteiger partial charge in [0.25, 0.3) is 10.1 Å². The molecule has 8 nitrogen and oxygen atoms in total. The molecule has 1 aliphatic rings. The molecule has 0 amide bonds. The summed E-state index contributed by atoms with van der Waals surface area (Å²) in [6, 6.07) is 7.51. The maximum atomic E-state index is 11.2. The van der Waals surface area contributed by atoms with Crippen LogP contribution in [0.4, 0.5) is 0 Å². The molecule has 1 saturated heterocycles. The first kappa shape index (κ1) is 17.5. The van der Waals surface area contributed by atoms with Gasteiger partial charge in [0.05, 0.1) is 19.5 Å². The highest BCUT2D eigenvalue weighted by Gasteiger charge is 2.44. The van der Waals surface area contributed by atoms with E-state index in [4.69, 9.17) is 13.7 Å². The molecule has 2 heterocycles. The molecule has 0 spiro atoms. The SMILES string of the molecule is CS(=O)(=O)OCC1COC(Cn2cncn2)(c2ccc(Br)cc2)O1. The molecule has 0 bridgehead atoms. The van der Waals surface area contributed by atoms with Crippen LogP contribution < -0.4 is 0 Å². The lowest BCUT2D eigenvalue weighted by Gasteiger charge is -2.28. The van der Waals surface area contributed by atoms with E-state index in [0.29, 0.717) is 0 Å². The molecule has 1 aliphatic heterocycles. The lowest BCUT2D eigenvalue weighted by atomic mass is 10.1. The van der Waals surface area contributed by atoms with Gasteiger partial charge >= 0.3 is 0 Å². The van der Waals surface area contributed by atoms with Crippen LogP contribution in [0.3, 0.4) is 0 Å². The zero-order chi connectivity index (χ0) is 17.2. The third-order valence-electron chi connectivity index (χ3n) is 3.45. The summed E-state index contributed by atoms with van der Waals surface area (Å²) in [5.41, 5.74) is 0.794. The number of hydrogen-bond donors (Lipinski definition) is 0. The van der Waals surface area contributed by atoms with Crippen molar-refractivity contribution in [2.24, 2.45) is 0 Å². The normalized spacial score (nSPS) is 24.3. The van der Waals surface area contributed by atoms with Crippen LogP contribution in [0, 0.1) is 0 Å². The van der Waals surface area contributed by atoms with Crippen molar-refractivity contribution in [2.75, 3.05) is 19.5 Å². The zero-order valence-corrected chi connectivity index (χ0v) is 15.2. The van der Waals surface area contributed by atoms with E-state index < -0.39 is 22.0 Å². The van der Waals surface area contributed by atoms with Gasteiger partial charge in [-0.2, -0.15) is 13.5 Å². The molecule has 24 heavy (non-hydrogen) atoms. The number of halogens is 1. The lowest BCUT2D eigenvalue weighted by molar-refractivity contribution is -0.190. The van der Waals surface area contributed by atoms with Gasteiger partial charge in [0, 0.05) is 10.0 Å². The highest BCUT2D eigenvalue weighted by Crippen LogP contribution is 2.36. The monoisotopic (exact) mass is 417 g/mol. The van der Waals surface area contributed by atoms with Gasteiger partial charge in [0.2, 0.25) is 5.79 Å². The standard InChI is InChI=1S/C14H16BrN3O5S/c1-24(19,20)22-7-13-6-21-14(23-13,8-18-10-16-9-17-18)11-2-4-12(15)5-3-11/h2-5,9-10,13H,6-8H2,1H3. The number of ether oxygens (including phenoxy) is 2. The molecule has 130 valence electrons. The molecule has 0 N–H and O–H groups in total. The Balaban J connectivity index is 1.82. The van der Waals surface area contributed by atoms with Crippen LogP contribution >= 0.6 is 15.9 Å². The van der Waals surface area contributed by atoms with Crippen LogP contribution in [-0.2, 0) is 36.1 Å². The van der Waals surface area contributed by atoms with E-state index >= 15 is 0 Å². The Labute approximate surface area is 148 Å². The fraction of sp³-hybridized carbons (Fsp3) is 0.429. The predicted molar refractivity (Wildman–Crippen MR) is 87.5 cm³/mol. The minimum Gasteiger partial charge on any atom is -0.342 e. The van der Waals surface area contributed by atoms with Crippen molar-refractivity contribution in [1.82, 2.24) is 14.8 Å². The Morgan fingerprint density at radius 3 is 2.79 bits per heavy atom. The largest absolute Gasteiger partial charge is 0.342 e. The van der Waals surface area contributed by atoms with Crippen LogP contribution in [0.1, 0.15) is 5.56 Å². The maximum Gasteiger partial charge on any atom is 0.264 e. The van der Waals surface area contributed by atoms with E-state index in [1.54, 1.807) is 11.0 Å². The average Bonchev–Trinajstić information content (AvgIpc) is 3.16. The summed E-state index contributed by atoms with van der Waals surface area (Å²) in [5.74, 6) is -1.08. The van der Waals surface area contributed by atoms with Gasteiger partial charge in [-0.1, -0.05) is 28.1 Å². The van der Waals surface area contributed by atoms with Gasteiger partial charge < -0.3 is 9.47 Å². The summed E-state index contributed by atoms with van der Waals surface area (Å²) >= 11 is 3.39. The maximum absolute atomic E-state index is 11.2. The summed E-state index contributed by atoms with van der Waals surface area (Å²) in [5, 5.41) is 4.09. The second-order valence-electron chi connectivity index (χ2n) is 5.39. The predicted octanol–water partition coefficient (Wildman–Crippen LogP) is 1.29. The Morgan fingerprint density at radius 2 is 2.17 bits per heavy atom. The van der Waals surface area contributed by atoms with E-state index in [0.717, 1.165) is 16.3 Å². The van der Waals surface area contributed by atoms with E-state index in [2.05, 4.69) is 26.0 Å². The summed E-state index contributed by atoms with van der Waals surface area (Å²) in [6.07, 6.45) is 3.48. The summed E-state index contributed by atoms with van der Waals surface area (Å²) < 4.78 is 41.6. The number of rotatable bonds is 6. The van der Waals surface area contributed by atoms with Crippen molar-refractivity contribution in [2.45, 2.75) is 18.4 Å². The van der Waals surface area contributed by atoms with Crippen molar-refractivity contribution in [3.05, 3.63) is 47.0 Å². The van der Waals surface area contributed by atoms with Crippen molar-refractivity contribution in [1.29, 1.82) is 0 Å². The smallest absolute Gasteiger partial charge is 0.264 e. The topological polar surface area (TPSA) is 92.5 Å². The van der Waals surface area contributed by atoms with Crippen LogP contribution in [0.2, 0.25) is 0 Å². The van der Waals surface area contributed by atoms with Crippen molar-refractivity contribution in [3.63, 3.8) is 0 Å². The fourth-order valence-electron chi connectivity index (χ4n) is 2.40. The van der Waals surface area contributed by atoms with Crippen LogP contribution in [0.5, 0.6) is 0 Å². The van der Waals surface area contributed by atoms with Gasteiger partial charge in [-0.25, -0.2) is 9.67 Å². The molecule has 2 aromatic rings. The number of nitrogens with zero attached hydrogens (tertiary/aromatic N) is 3. The third-order valence-corrected chi connectivity index (χ3v) is 4.54. The Kier molecular flexibility index (Phi) is 5.02. The lowest BCUT2D eigenvalue weighted by Crippen LogP contribution is -2.34. The molecule has 0 saturated carbocycles. The van der Waals surface area contributed by atoms with E-state index in [9.17, 15) is 8.42 Å². The molecule has 10 heteroatoms. The number of hydrogen-bond acceptors (Lipinski definition) is 7. The van der Waals surface area contributed by atoms with Crippen LogP contribution in [0.15, 0.2) is 41.4 Å². The number of aromatic nitrogens is 3. The Hall–Kier alpha value is -1.33. The van der Waals surface area contributed by atoms with Gasteiger partial charge in [-0.05, 0) is 12.1 Å². The van der Waals surface area contributed by atoms with E-state index in [1.165, 1.54) is 6.33 Å². The first-order valence-electron chi connectivity index (χ1n) is 7.11. The molecule has 0 radical (unpaired) electrons. The van der Waals surface area contributed by atoms with Crippen molar-refractivity contribution >= 4 is 26.0 Å². The van der Waals surface area contributed by atoms with E-state index in [1.807, 2.05) is 24.3 Å². The summed E-state index contributed by atoms with van der Waals surface area (Å²) in [6.45, 7) is 0.388. The third kappa shape index (κ3) is 4.19. The minimum atomic E-state index is -3.54. The van der Waals surface area contributed by atoms with Gasteiger partial charge in [-0.3, -0.25) is 4.18 Å². The second-order valence-corrected chi connectivity index (χ2v) is 7.95. The highest BCUT2D eigenvalue weighted by atomic mass is 79.9. The first-order chi connectivity index (χ1) is 11.4. The molecule has 1 aromatic heterocycles. The molecular weight excluding hydrogens is 402 g/mol. The fourth-order valence-corrected chi connectivity index (χ4v) is 3.07. The highest BCUT2D eigenvalue weighted by molar-refractivity contribution is 9.10. The molecule has 0 aliphatic carbocycles. The van der Waals surface area contributed by atoms with Gasteiger partial charge in [0.15, 0.2) is 0 Å². The van der Waals surface area contributed by atoms with Crippen LogP contribution in [-0.4, -0.2) is 48.8 Å². The van der Waals surface area contributed by atoms with Crippen LogP contribution in [0.25, 0.3) is 0 Å². The average molecular weight is 418 g/mol. The quantitative estimate of drug-likeness (QED) is 0.653. The molecule has 1 aromatic carbocycles. The van der Waals surface area contributed by atoms with Gasteiger partial charge in [0.1, 0.15) is 25.3 Å². The molecule has 2 atom stereocenters. The Bertz CT molecular complexity index is 781.